The maximum atomic E-state index is 12.3. The predicted molar refractivity (Wildman–Crippen MR) is 78.1 cm³/mol. The molecule has 0 aromatic heterocycles. The second-order valence-corrected chi connectivity index (χ2v) is 6.34. The zero-order chi connectivity index (χ0) is 15.2. The average Bonchev–Trinajstić information content (AvgIpc) is 2.38. The third-order valence-electron chi connectivity index (χ3n) is 2.47. The van der Waals surface area contributed by atoms with Crippen molar-refractivity contribution in [3.63, 3.8) is 0 Å². The number of ether oxygens (including phenoxy) is 1. The Bertz CT molecular complexity index is 507. The fourth-order valence-electron chi connectivity index (χ4n) is 1.63. The number of halogens is 1. The molecule has 0 saturated heterocycles. The quantitative estimate of drug-likeness (QED) is 0.538. The molecule has 7 heteroatoms. The number of hydrogen-bond donors (Lipinski definition) is 0. The second kappa shape index (κ2) is 7.79. The highest BCUT2D eigenvalue weighted by Gasteiger charge is 2.29. The van der Waals surface area contributed by atoms with Gasteiger partial charge in [0.25, 0.3) is 0 Å². The zero-order valence-electron chi connectivity index (χ0n) is 11.7. The first-order valence-corrected chi connectivity index (χ1v) is 8.31. The molecule has 20 heavy (non-hydrogen) atoms. The van der Waals surface area contributed by atoms with E-state index in [1.807, 2.05) is 0 Å². The van der Waals surface area contributed by atoms with Crippen molar-refractivity contribution in [1.29, 1.82) is 0 Å². The normalized spacial score (nSPS) is 11.4. The molecule has 0 N–H and O–H groups in total. The molecule has 0 atom stereocenters. The van der Waals surface area contributed by atoms with Gasteiger partial charge >= 0.3 is 7.60 Å². The molecule has 0 saturated carbocycles. The summed E-state index contributed by atoms with van der Waals surface area (Å²) in [6, 6.07) is 4.68. The van der Waals surface area contributed by atoms with E-state index in [1.54, 1.807) is 19.9 Å². The minimum Gasteiger partial charge on any atom is -0.497 e. The molecule has 0 heterocycles. The van der Waals surface area contributed by atoms with E-state index in [0.29, 0.717) is 5.75 Å². The monoisotopic (exact) mass is 320 g/mol. The van der Waals surface area contributed by atoms with Gasteiger partial charge in [0.1, 0.15) is 11.9 Å². The highest BCUT2D eigenvalue weighted by atomic mass is 35.5. The lowest BCUT2D eigenvalue weighted by molar-refractivity contribution is 0.100. The number of rotatable bonds is 8. The van der Waals surface area contributed by atoms with E-state index in [2.05, 4.69) is 0 Å². The topological polar surface area (TPSA) is 61.8 Å². The summed E-state index contributed by atoms with van der Waals surface area (Å²) in [5.41, 5.74) is 0.270. The van der Waals surface area contributed by atoms with Gasteiger partial charge in [-0.25, -0.2) is 0 Å². The van der Waals surface area contributed by atoms with Crippen LogP contribution in [0.4, 0.5) is 0 Å². The molecule has 0 radical (unpaired) electrons. The molecule has 0 bridgehead atoms. The minimum absolute atomic E-state index is 0.209. The number of benzene rings is 1. The minimum atomic E-state index is -3.42. The van der Waals surface area contributed by atoms with Crippen molar-refractivity contribution in [2.24, 2.45) is 0 Å². The summed E-state index contributed by atoms with van der Waals surface area (Å²) in [7, 11) is -1.91. The molecular formula is C13H18ClO5P. The van der Waals surface area contributed by atoms with Crippen LogP contribution < -0.4 is 4.74 Å². The van der Waals surface area contributed by atoms with Crippen molar-refractivity contribution in [2.45, 2.75) is 13.8 Å². The lowest BCUT2D eigenvalue weighted by Crippen LogP contribution is -2.11. The highest BCUT2D eigenvalue weighted by molar-refractivity contribution is 7.55. The Hall–Kier alpha value is -0.870. The van der Waals surface area contributed by atoms with E-state index >= 15 is 0 Å². The molecule has 0 aliphatic heterocycles. The predicted octanol–water partition coefficient (Wildman–Crippen LogP) is 3.80. The van der Waals surface area contributed by atoms with Crippen LogP contribution in [-0.2, 0) is 13.6 Å². The molecule has 0 unspecified atom stereocenters. The van der Waals surface area contributed by atoms with Crippen LogP contribution in [0.15, 0.2) is 18.2 Å². The molecule has 112 valence electrons. The third kappa shape index (κ3) is 4.60. The standard InChI is InChI=1S/C13H18ClO5P/c1-4-18-20(16,19-5-2)9-13(15)11-7-6-10(17-3)8-12(11)14/h6-8H,4-5,9H2,1-3H3. The number of Topliss-reactive ketones (excluding diaryl/α,β-unsaturated/α-hetero) is 1. The smallest absolute Gasteiger partial charge is 0.338 e. The number of carbonyl (C=O) groups excluding carboxylic acids is 1. The summed E-state index contributed by atoms with van der Waals surface area (Å²) >= 11 is 6.01. The first-order valence-electron chi connectivity index (χ1n) is 6.20. The van der Waals surface area contributed by atoms with Gasteiger partial charge in [0.15, 0.2) is 5.78 Å². The van der Waals surface area contributed by atoms with Crippen LogP contribution in [0, 0.1) is 0 Å². The van der Waals surface area contributed by atoms with Crippen molar-refractivity contribution >= 4 is 25.0 Å². The summed E-state index contributed by atoms with van der Waals surface area (Å²) in [6.07, 6.45) is -0.333. The summed E-state index contributed by atoms with van der Waals surface area (Å²) in [6.45, 7) is 3.80. The van der Waals surface area contributed by atoms with Gasteiger partial charge in [-0.05, 0) is 32.0 Å². The Balaban J connectivity index is 2.92. The highest BCUT2D eigenvalue weighted by Crippen LogP contribution is 2.48. The van der Waals surface area contributed by atoms with E-state index in [9.17, 15) is 9.36 Å². The molecule has 0 fully saturated rings. The van der Waals surface area contributed by atoms with Crippen LogP contribution in [0.3, 0.4) is 0 Å². The Morgan fingerprint density at radius 2 is 1.85 bits per heavy atom. The molecule has 0 spiro atoms. The Morgan fingerprint density at radius 3 is 2.30 bits per heavy atom. The van der Waals surface area contributed by atoms with Gasteiger partial charge in [0, 0.05) is 5.56 Å². The van der Waals surface area contributed by atoms with E-state index in [-0.39, 0.29) is 35.7 Å². The maximum Gasteiger partial charge on any atom is 0.338 e. The van der Waals surface area contributed by atoms with Crippen molar-refractivity contribution in [1.82, 2.24) is 0 Å². The molecule has 0 aliphatic rings. The Labute approximate surface area is 123 Å². The zero-order valence-corrected chi connectivity index (χ0v) is 13.4. The van der Waals surface area contributed by atoms with Crippen LogP contribution in [0.2, 0.25) is 5.02 Å². The van der Waals surface area contributed by atoms with Crippen LogP contribution in [0.1, 0.15) is 24.2 Å². The number of methoxy groups -OCH3 is 1. The van der Waals surface area contributed by atoms with Gasteiger partial charge in [0.2, 0.25) is 0 Å². The summed E-state index contributed by atoms with van der Waals surface area (Å²) in [5, 5.41) is 0.244. The van der Waals surface area contributed by atoms with Gasteiger partial charge < -0.3 is 13.8 Å². The van der Waals surface area contributed by atoms with Crippen molar-refractivity contribution in [2.75, 3.05) is 26.5 Å². The Kier molecular flexibility index (Phi) is 6.69. The number of hydrogen-bond acceptors (Lipinski definition) is 5. The summed E-state index contributed by atoms with van der Waals surface area (Å²) in [5.74, 6) is 0.159. The number of carbonyl (C=O) groups is 1. The van der Waals surface area contributed by atoms with Gasteiger partial charge in [-0.1, -0.05) is 11.6 Å². The molecule has 5 nitrogen and oxygen atoms in total. The van der Waals surface area contributed by atoms with Crippen molar-refractivity contribution in [3.05, 3.63) is 28.8 Å². The van der Waals surface area contributed by atoms with Gasteiger partial charge in [-0.15, -0.1) is 0 Å². The maximum absolute atomic E-state index is 12.3. The van der Waals surface area contributed by atoms with Crippen LogP contribution in [0.5, 0.6) is 5.75 Å². The lowest BCUT2D eigenvalue weighted by atomic mass is 10.1. The van der Waals surface area contributed by atoms with Crippen LogP contribution in [-0.4, -0.2) is 32.3 Å². The van der Waals surface area contributed by atoms with E-state index < -0.39 is 7.60 Å². The van der Waals surface area contributed by atoms with Gasteiger partial charge in [-0.2, -0.15) is 0 Å². The molecular weight excluding hydrogens is 303 g/mol. The largest absolute Gasteiger partial charge is 0.497 e. The first kappa shape index (κ1) is 17.2. The van der Waals surface area contributed by atoms with Crippen molar-refractivity contribution < 1.29 is 23.1 Å². The van der Waals surface area contributed by atoms with E-state index in [1.165, 1.54) is 19.2 Å². The molecule has 1 rings (SSSR count). The molecule has 0 amide bonds. The lowest BCUT2D eigenvalue weighted by Gasteiger charge is -2.16. The van der Waals surface area contributed by atoms with Gasteiger partial charge in [0.05, 0.1) is 25.3 Å². The van der Waals surface area contributed by atoms with Crippen LogP contribution in [0.25, 0.3) is 0 Å². The Morgan fingerprint density at radius 1 is 1.25 bits per heavy atom. The summed E-state index contributed by atoms with van der Waals surface area (Å²) in [4.78, 5) is 12.2. The van der Waals surface area contributed by atoms with Crippen molar-refractivity contribution in [3.8, 4) is 5.75 Å². The van der Waals surface area contributed by atoms with Gasteiger partial charge in [-0.3, -0.25) is 9.36 Å². The van der Waals surface area contributed by atoms with E-state index in [0.717, 1.165) is 0 Å². The molecule has 1 aromatic carbocycles. The number of ketones is 1. The second-order valence-electron chi connectivity index (χ2n) is 3.87. The molecule has 0 aliphatic carbocycles. The van der Waals surface area contributed by atoms with Crippen LogP contribution >= 0.6 is 19.2 Å². The SMILES string of the molecule is CCOP(=O)(CC(=O)c1ccc(OC)cc1Cl)OCC. The fourth-order valence-corrected chi connectivity index (χ4v) is 3.47. The molecule has 1 aromatic rings. The summed E-state index contributed by atoms with van der Waals surface area (Å²) < 4.78 is 27.5. The van der Waals surface area contributed by atoms with E-state index in [4.69, 9.17) is 25.4 Å². The average molecular weight is 321 g/mol. The fraction of sp³-hybridized carbons (Fsp3) is 0.462. The first-order chi connectivity index (χ1) is 9.45. The third-order valence-corrected chi connectivity index (χ3v) is 4.76.